The van der Waals surface area contributed by atoms with Gasteiger partial charge in [-0.2, -0.15) is 0 Å². The van der Waals surface area contributed by atoms with Gasteiger partial charge in [0.2, 0.25) is 0 Å². The van der Waals surface area contributed by atoms with Gasteiger partial charge in [-0.15, -0.1) is 11.3 Å². The van der Waals surface area contributed by atoms with Crippen LogP contribution < -0.4 is 5.73 Å². The van der Waals surface area contributed by atoms with E-state index in [1.54, 1.807) is 23.5 Å². The van der Waals surface area contributed by atoms with E-state index in [0.717, 1.165) is 12.1 Å². The van der Waals surface area contributed by atoms with E-state index in [0.29, 0.717) is 6.54 Å². The van der Waals surface area contributed by atoms with Gasteiger partial charge in [-0.1, -0.05) is 18.2 Å². The first-order chi connectivity index (χ1) is 8.70. The monoisotopic (exact) mass is 264 g/mol. The molecule has 0 aliphatic heterocycles. The molecule has 0 bridgehead atoms. The predicted octanol–water partition coefficient (Wildman–Crippen LogP) is 3.02. The van der Waals surface area contributed by atoms with Crippen molar-refractivity contribution in [3.8, 4) is 0 Å². The van der Waals surface area contributed by atoms with Crippen molar-refractivity contribution in [1.82, 2.24) is 4.90 Å². The maximum absolute atomic E-state index is 12.9. The van der Waals surface area contributed by atoms with Crippen LogP contribution in [0.2, 0.25) is 0 Å². The second-order valence-corrected chi connectivity index (χ2v) is 5.33. The predicted molar refractivity (Wildman–Crippen MR) is 74.0 cm³/mol. The van der Waals surface area contributed by atoms with Crippen molar-refractivity contribution in [2.75, 3.05) is 13.6 Å². The number of halogens is 1. The van der Waals surface area contributed by atoms with Crippen LogP contribution in [0.4, 0.5) is 4.39 Å². The zero-order valence-electron chi connectivity index (χ0n) is 10.3. The normalized spacial score (nSPS) is 12.9. The number of likely N-dealkylation sites (N-methyl/N-ethyl adjacent to an activating group) is 1. The number of hydrogen-bond donors (Lipinski definition) is 1. The largest absolute Gasteiger partial charge is 0.329 e. The summed E-state index contributed by atoms with van der Waals surface area (Å²) in [6, 6.07) is 10.8. The van der Waals surface area contributed by atoms with E-state index in [2.05, 4.69) is 16.3 Å². The van der Waals surface area contributed by atoms with Gasteiger partial charge >= 0.3 is 0 Å². The number of nitrogens with zero attached hydrogens (tertiary/aromatic N) is 1. The number of hydrogen-bond acceptors (Lipinski definition) is 3. The molecule has 0 fully saturated rings. The molecule has 0 radical (unpaired) electrons. The summed E-state index contributed by atoms with van der Waals surface area (Å²) in [6.45, 7) is 1.38. The van der Waals surface area contributed by atoms with Gasteiger partial charge in [0, 0.05) is 24.0 Å². The Balaban J connectivity index is 2.10. The molecule has 0 saturated carbocycles. The molecule has 4 heteroatoms. The molecule has 1 heterocycles. The molecule has 2 N–H and O–H groups in total. The summed E-state index contributed by atoms with van der Waals surface area (Å²) in [5, 5.41) is 2.07. The number of benzene rings is 1. The Morgan fingerprint density at radius 3 is 2.56 bits per heavy atom. The van der Waals surface area contributed by atoms with Gasteiger partial charge in [-0.05, 0) is 36.2 Å². The molecule has 0 aliphatic rings. The van der Waals surface area contributed by atoms with Crippen molar-refractivity contribution in [3.05, 3.63) is 58.0 Å². The molecule has 1 aromatic carbocycles. The fraction of sp³-hybridized carbons (Fsp3) is 0.286. The fourth-order valence-electron chi connectivity index (χ4n) is 2.01. The van der Waals surface area contributed by atoms with E-state index < -0.39 is 0 Å². The van der Waals surface area contributed by atoms with E-state index in [9.17, 15) is 4.39 Å². The molecule has 1 aromatic heterocycles. The summed E-state index contributed by atoms with van der Waals surface area (Å²) in [7, 11) is 2.04. The van der Waals surface area contributed by atoms with Gasteiger partial charge in [-0.25, -0.2) is 4.39 Å². The molecular formula is C14H17FN2S. The van der Waals surface area contributed by atoms with Gasteiger partial charge in [0.05, 0.1) is 0 Å². The summed E-state index contributed by atoms with van der Waals surface area (Å²) in [5.41, 5.74) is 6.89. The third-order valence-corrected chi connectivity index (χ3v) is 3.86. The molecule has 2 nitrogen and oxygen atoms in total. The summed E-state index contributed by atoms with van der Waals surface area (Å²) in [4.78, 5) is 3.50. The third kappa shape index (κ3) is 3.16. The minimum Gasteiger partial charge on any atom is -0.329 e. The van der Waals surface area contributed by atoms with Gasteiger partial charge < -0.3 is 5.73 Å². The average molecular weight is 264 g/mol. The van der Waals surface area contributed by atoms with Crippen LogP contribution in [0, 0.1) is 5.82 Å². The Morgan fingerprint density at radius 1 is 1.28 bits per heavy atom. The number of thiophene rings is 1. The maximum atomic E-state index is 12.9. The Bertz CT molecular complexity index is 467. The molecule has 0 saturated heterocycles. The third-order valence-electron chi connectivity index (χ3n) is 3.00. The molecule has 2 rings (SSSR count). The molecule has 18 heavy (non-hydrogen) atoms. The smallest absolute Gasteiger partial charge is 0.123 e. The van der Waals surface area contributed by atoms with E-state index in [1.807, 2.05) is 13.1 Å². The van der Waals surface area contributed by atoms with Crippen LogP contribution in [0.15, 0.2) is 41.8 Å². The van der Waals surface area contributed by atoms with Crippen LogP contribution in [0.3, 0.4) is 0 Å². The van der Waals surface area contributed by atoms with Crippen molar-refractivity contribution in [1.29, 1.82) is 0 Å². The van der Waals surface area contributed by atoms with Crippen LogP contribution in [-0.2, 0) is 6.54 Å². The van der Waals surface area contributed by atoms with Crippen LogP contribution in [0.25, 0.3) is 0 Å². The van der Waals surface area contributed by atoms with Gasteiger partial charge in [0.1, 0.15) is 5.82 Å². The Morgan fingerprint density at radius 2 is 2.00 bits per heavy atom. The first kappa shape index (κ1) is 13.2. The second-order valence-electron chi connectivity index (χ2n) is 4.30. The number of rotatable bonds is 5. The Labute approximate surface area is 111 Å². The second kappa shape index (κ2) is 6.09. The van der Waals surface area contributed by atoms with Crippen LogP contribution in [0.5, 0.6) is 0 Å². The molecular weight excluding hydrogens is 247 g/mol. The SMILES string of the molecule is CN(Cc1cccs1)C(CN)c1ccc(F)cc1. The van der Waals surface area contributed by atoms with E-state index in [-0.39, 0.29) is 11.9 Å². The highest BCUT2D eigenvalue weighted by Gasteiger charge is 2.15. The minimum atomic E-state index is -0.213. The molecule has 2 aromatic rings. The van der Waals surface area contributed by atoms with Crippen LogP contribution in [-0.4, -0.2) is 18.5 Å². The summed E-state index contributed by atoms with van der Waals surface area (Å²) in [5.74, 6) is -0.213. The molecule has 1 unspecified atom stereocenters. The van der Waals surface area contributed by atoms with Gasteiger partial charge in [0.25, 0.3) is 0 Å². The molecule has 1 atom stereocenters. The standard InChI is InChI=1S/C14H17FN2S/c1-17(10-13-3-2-8-18-13)14(9-16)11-4-6-12(15)7-5-11/h2-8,14H,9-10,16H2,1H3. The average Bonchev–Trinajstić information content (AvgIpc) is 2.85. The molecule has 0 amide bonds. The highest BCUT2D eigenvalue weighted by atomic mass is 32.1. The van der Waals surface area contributed by atoms with E-state index in [1.165, 1.54) is 17.0 Å². The zero-order valence-corrected chi connectivity index (χ0v) is 11.2. The van der Waals surface area contributed by atoms with Crippen LogP contribution in [0.1, 0.15) is 16.5 Å². The topological polar surface area (TPSA) is 29.3 Å². The van der Waals surface area contributed by atoms with Crippen LogP contribution >= 0.6 is 11.3 Å². The summed E-state index contributed by atoms with van der Waals surface area (Å²) >= 11 is 1.73. The lowest BCUT2D eigenvalue weighted by molar-refractivity contribution is 0.244. The highest BCUT2D eigenvalue weighted by Crippen LogP contribution is 2.22. The number of nitrogens with two attached hydrogens (primary N) is 1. The minimum absolute atomic E-state index is 0.118. The highest BCUT2D eigenvalue weighted by molar-refractivity contribution is 7.09. The first-order valence-electron chi connectivity index (χ1n) is 5.89. The Hall–Kier alpha value is -1.23. The maximum Gasteiger partial charge on any atom is 0.123 e. The lowest BCUT2D eigenvalue weighted by Gasteiger charge is -2.26. The molecule has 96 valence electrons. The van der Waals surface area contributed by atoms with Crippen molar-refractivity contribution in [2.45, 2.75) is 12.6 Å². The molecule has 0 spiro atoms. The van der Waals surface area contributed by atoms with Crippen molar-refractivity contribution >= 4 is 11.3 Å². The quantitative estimate of drug-likeness (QED) is 0.899. The lowest BCUT2D eigenvalue weighted by Crippen LogP contribution is -2.29. The van der Waals surface area contributed by atoms with Crippen molar-refractivity contribution in [2.24, 2.45) is 5.73 Å². The summed E-state index contributed by atoms with van der Waals surface area (Å²) < 4.78 is 12.9. The first-order valence-corrected chi connectivity index (χ1v) is 6.77. The van der Waals surface area contributed by atoms with Crippen molar-refractivity contribution < 1.29 is 4.39 Å². The Kier molecular flexibility index (Phi) is 4.47. The molecule has 0 aliphatic carbocycles. The van der Waals surface area contributed by atoms with E-state index >= 15 is 0 Å². The fourth-order valence-corrected chi connectivity index (χ4v) is 2.78. The summed E-state index contributed by atoms with van der Waals surface area (Å²) in [6.07, 6.45) is 0. The lowest BCUT2D eigenvalue weighted by atomic mass is 10.1. The van der Waals surface area contributed by atoms with E-state index in [4.69, 9.17) is 5.73 Å². The zero-order chi connectivity index (χ0) is 13.0. The van der Waals surface area contributed by atoms with Gasteiger partial charge in [0.15, 0.2) is 0 Å². The van der Waals surface area contributed by atoms with Crippen molar-refractivity contribution in [3.63, 3.8) is 0 Å². The van der Waals surface area contributed by atoms with Gasteiger partial charge in [-0.3, -0.25) is 4.90 Å².